The predicted octanol–water partition coefficient (Wildman–Crippen LogP) is 1.31. The van der Waals surface area contributed by atoms with Crippen LogP contribution in [0.1, 0.15) is 79.1 Å². The van der Waals surface area contributed by atoms with Gasteiger partial charge in [0.25, 0.3) is 0 Å². The topological polar surface area (TPSA) is 158 Å². The summed E-state index contributed by atoms with van der Waals surface area (Å²) in [6.45, 7) is 9.49. The van der Waals surface area contributed by atoms with Gasteiger partial charge >= 0.3 is 0 Å². The third-order valence-electron chi connectivity index (χ3n) is 14.0. The third-order valence-corrected chi connectivity index (χ3v) is 14.0. The second-order valence-electron chi connectivity index (χ2n) is 15.8. The predicted molar refractivity (Wildman–Crippen MR) is 149 cm³/mol. The zero-order chi connectivity index (χ0) is 30.0. The summed E-state index contributed by atoms with van der Waals surface area (Å²) >= 11 is 0. The number of aliphatic hydroxyl groups is 6. The molecule has 4 aliphatic carbocycles. The minimum atomic E-state index is -1.59. The molecule has 10 nitrogen and oxygen atoms in total. The van der Waals surface area contributed by atoms with Crippen molar-refractivity contribution in [2.75, 3.05) is 13.2 Å². The number of fused-ring (bicyclic) bond motifs is 7. The summed E-state index contributed by atoms with van der Waals surface area (Å²) in [5, 5.41) is 65.9. The second-order valence-corrected chi connectivity index (χ2v) is 15.8. The fourth-order valence-corrected chi connectivity index (χ4v) is 11.5. The van der Waals surface area contributed by atoms with E-state index in [9.17, 15) is 30.6 Å². The van der Waals surface area contributed by atoms with Crippen molar-refractivity contribution in [3.05, 3.63) is 0 Å². The van der Waals surface area contributed by atoms with Gasteiger partial charge < -0.3 is 49.6 Å². The summed E-state index contributed by atoms with van der Waals surface area (Å²) in [6, 6.07) is 0. The van der Waals surface area contributed by atoms with Crippen LogP contribution < -0.4 is 0 Å². The first-order valence-corrected chi connectivity index (χ1v) is 16.5. The highest BCUT2D eigenvalue weighted by molar-refractivity contribution is 5.21. The van der Waals surface area contributed by atoms with Crippen LogP contribution in [0, 0.1) is 46.3 Å². The Morgan fingerprint density at radius 3 is 2.31 bits per heavy atom. The normalized spacial score (nSPS) is 62.7. The first kappa shape index (κ1) is 30.3. The van der Waals surface area contributed by atoms with Crippen LogP contribution in [0.3, 0.4) is 0 Å². The molecule has 0 aromatic carbocycles. The van der Waals surface area contributed by atoms with Gasteiger partial charge in [-0.2, -0.15) is 0 Å². The lowest BCUT2D eigenvalue weighted by Gasteiger charge is -2.66. The van der Waals surface area contributed by atoms with Crippen molar-refractivity contribution >= 4 is 0 Å². The molecule has 1 spiro atoms. The van der Waals surface area contributed by atoms with E-state index < -0.39 is 59.7 Å². The van der Waals surface area contributed by atoms with Gasteiger partial charge in [0.2, 0.25) is 0 Å². The van der Waals surface area contributed by atoms with E-state index in [4.69, 9.17) is 18.9 Å². The van der Waals surface area contributed by atoms with Crippen molar-refractivity contribution < 1.29 is 49.6 Å². The maximum atomic E-state index is 12.3. The Morgan fingerprint density at radius 1 is 0.833 bits per heavy atom. The summed E-state index contributed by atoms with van der Waals surface area (Å²) in [7, 11) is 0. The Labute approximate surface area is 248 Å². The third kappa shape index (κ3) is 3.93. The van der Waals surface area contributed by atoms with Gasteiger partial charge in [-0.05, 0) is 73.5 Å². The molecule has 6 N–H and O–H groups in total. The van der Waals surface area contributed by atoms with Crippen molar-refractivity contribution in [3.63, 3.8) is 0 Å². The molecule has 10 heteroatoms. The van der Waals surface area contributed by atoms with Crippen LogP contribution in [-0.2, 0) is 18.9 Å². The van der Waals surface area contributed by atoms with Crippen molar-refractivity contribution in [3.8, 4) is 0 Å². The van der Waals surface area contributed by atoms with Gasteiger partial charge in [-0.25, -0.2) is 0 Å². The summed E-state index contributed by atoms with van der Waals surface area (Å²) < 4.78 is 24.6. The van der Waals surface area contributed by atoms with Gasteiger partial charge in [0.05, 0.1) is 31.5 Å². The summed E-state index contributed by atoms with van der Waals surface area (Å²) in [6.07, 6.45) is -2.53. The van der Waals surface area contributed by atoms with E-state index in [1.807, 2.05) is 6.92 Å². The SMILES string of the molecule is C[C@H]1CC[C@@]2(OC1)O[C@H]1C[C@H]3[C@@H]4CC[C@]5(O)[C@@H](O)[C@@H](O[C@@H]6OC[C@H](O)[C@H](O)[C@H]6O)C[C@@H](O)[C@]5(C)[C@H]4CC[C@]3(C)[C@H]1[C@@H]2C. The molecule has 3 saturated heterocycles. The number of aliphatic hydroxyl groups excluding tert-OH is 5. The summed E-state index contributed by atoms with van der Waals surface area (Å²) in [4.78, 5) is 0. The molecule has 0 radical (unpaired) electrons. The molecule has 3 aliphatic heterocycles. The second kappa shape index (κ2) is 10.0. The van der Waals surface area contributed by atoms with Gasteiger partial charge in [-0.3, -0.25) is 0 Å². The van der Waals surface area contributed by atoms with Gasteiger partial charge in [-0.15, -0.1) is 0 Å². The molecule has 240 valence electrons. The summed E-state index contributed by atoms with van der Waals surface area (Å²) in [5.41, 5.74) is -2.43. The Hall–Kier alpha value is -0.400. The molecule has 7 rings (SSSR count). The monoisotopic (exact) mass is 596 g/mol. The van der Waals surface area contributed by atoms with E-state index in [0.29, 0.717) is 36.0 Å². The molecule has 4 saturated carbocycles. The van der Waals surface area contributed by atoms with Crippen LogP contribution in [0.5, 0.6) is 0 Å². The standard InChI is InChI=1S/C32H52O10/c1-15-5-10-32(40-13-15)16(2)24-21(42-32)11-19-17-6-9-31(38)27(37)22(41-28-26(36)25(35)20(33)14-39-28)12-23(34)30(31,4)18(17)7-8-29(19,24)3/h15-28,33-38H,5-14H2,1-4H3/t15-,16-,17+,18-,19-,20-,21-,22-,23+,24-,25-,26+,27-,28-,29-,30-,31-,32+/m0/s1. The van der Waals surface area contributed by atoms with Crippen LogP contribution >= 0.6 is 0 Å². The largest absolute Gasteiger partial charge is 0.392 e. The average molecular weight is 597 g/mol. The Bertz CT molecular complexity index is 1030. The van der Waals surface area contributed by atoms with E-state index in [1.54, 1.807) is 0 Å². The Morgan fingerprint density at radius 2 is 1.60 bits per heavy atom. The van der Waals surface area contributed by atoms with Crippen LogP contribution in [0.4, 0.5) is 0 Å². The van der Waals surface area contributed by atoms with E-state index in [0.717, 1.165) is 45.1 Å². The molecule has 3 heterocycles. The van der Waals surface area contributed by atoms with Gasteiger partial charge in [0, 0.05) is 24.2 Å². The number of hydrogen-bond acceptors (Lipinski definition) is 10. The molecule has 0 unspecified atom stereocenters. The lowest BCUT2D eigenvalue weighted by atomic mass is 9.41. The number of rotatable bonds is 2. The highest BCUT2D eigenvalue weighted by Gasteiger charge is 2.73. The molecule has 0 aromatic heterocycles. The molecule has 7 fully saturated rings. The Balaban J connectivity index is 1.10. The fraction of sp³-hybridized carbons (Fsp3) is 1.00. The van der Waals surface area contributed by atoms with Crippen molar-refractivity contribution in [1.82, 2.24) is 0 Å². The average Bonchev–Trinajstić information content (AvgIpc) is 3.40. The minimum absolute atomic E-state index is 0.0308. The van der Waals surface area contributed by atoms with Crippen LogP contribution in [0.15, 0.2) is 0 Å². The maximum Gasteiger partial charge on any atom is 0.186 e. The molecular formula is C32H52O10. The van der Waals surface area contributed by atoms with Crippen molar-refractivity contribution in [1.29, 1.82) is 0 Å². The lowest BCUT2D eigenvalue weighted by molar-refractivity contribution is -0.339. The van der Waals surface area contributed by atoms with Crippen LogP contribution in [0.2, 0.25) is 0 Å². The molecular weight excluding hydrogens is 544 g/mol. The first-order chi connectivity index (χ1) is 19.8. The molecule has 0 amide bonds. The molecule has 0 aromatic rings. The number of ether oxygens (including phenoxy) is 4. The first-order valence-electron chi connectivity index (χ1n) is 16.5. The van der Waals surface area contributed by atoms with E-state index in [-0.39, 0.29) is 30.5 Å². The number of hydrogen-bond donors (Lipinski definition) is 6. The van der Waals surface area contributed by atoms with E-state index in [2.05, 4.69) is 20.8 Å². The van der Waals surface area contributed by atoms with E-state index in [1.165, 1.54) is 0 Å². The molecule has 42 heavy (non-hydrogen) atoms. The quantitative estimate of drug-likeness (QED) is 0.257. The van der Waals surface area contributed by atoms with Gasteiger partial charge in [0.1, 0.15) is 30.0 Å². The van der Waals surface area contributed by atoms with E-state index >= 15 is 0 Å². The maximum absolute atomic E-state index is 12.3. The fourth-order valence-electron chi connectivity index (χ4n) is 11.5. The zero-order valence-electron chi connectivity index (χ0n) is 25.5. The van der Waals surface area contributed by atoms with Gasteiger partial charge in [0.15, 0.2) is 12.1 Å². The smallest absolute Gasteiger partial charge is 0.186 e. The molecule has 7 aliphatic rings. The van der Waals surface area contributed by atoms with Crippen LogP contribution in [-0.4, -0.2) is 104 Å². The van der Waals surface area contributed by atoms with Gasteiger partial charge in [-0.1, -0.05) is 27.7 Å². The Kier molecular flexibility index (Phi) is 7.24. The van der Waals surface area contributed by atoms with Crippen molar-refractivity contribution in [2.45, 2.75) is 139 Å². The van der Waals surface area contributed by atoms with Crippen molar-refractivity contribution in [2.24, 2.45) is 46.3 Å². The zero-order valence-corrected chi connectivity index (χ0v) is 25.5. The molecule has 18 atom stereocenters. The minimum Gasteiger partial charge on any atom is -0.392 e. The summed E-state index contributed by atoms with van der Waals surface area (Å²) in [5.74, 6) is 1.58. The molecule has 0 bridgehead atoms. The highest BCUT2D eigenvalue weighted by atomic mass is 16.7. The van der Waals surface area contributed by atoms with Crippen LogP contribution in [0.25, 0.3) is 0 Å². The highest BCUT2D eigenvalue weighted by Crippen LogP contribution is 2.72. The lowest BCUT2D eigenvalue weighted by Crippen LogP contribution is -2.74.